The molecule has 0 aliphatic rings. The highest BCUT2D eigenvalue weighted by molar-refractivity contribution is 6.30. The quantitative estimate of drug-likeness (QED) is 0.778. The number of rotatable bonds is 3. The predicted molar refractivity (Wildman–Crippen MR) is 62.9 cm³/mol. The molecule has 88 valence electrons. The van der Waals surface area contributed by atoms with Gasteiger partial charge in [-0.3, -0.25) is 4.79 Å². The molecule has 0 spiro atoms. The van der Waals surface area contributed by atoms with Crippen LogP contribution >= 0.6 is 11.6 Å². The molecule has 2 aromatic rings. The minimum Gasteiger partial charge on any atom is -0.461 e. The third-order valence-corrected chi connectivity index (χ3v) is 2.72. The third kappa shape index (κ3) is 2.56. The molecule has 2 nitrogen and oxygen atoms in total. The molecule has 1 aromatic heterocycles. The van der Waals surface area contributed by atoms with Gasteiger partial charge in [0, 0.05) is 11.4 Å². The van der Waals surface area contributed by atoms with Gasteiger partial charge in [0.05, 0.1) is 6.26 Å². The fourth-order valence-electron chi connectivity index (χ4n) is 1.58. The molecule has 1 heterocycles. The molecule has 17 heavy (non-hydrogen) atoms. The Balaban J connectivity index is 2.22. The summed E-state index contributed by atoms with van der Waals surface area (Å²) >= 11 is 5.63. The van der Waals surface area contributed by atoms with E-state index in [4.69, 9.17) is 16.0 Å². The Morgan fingerprint density at radius 1 is 1.41 bits per heavy atom. The topological polar surface area (TPSA) is 30.2 Å². The van der Waals surface area contributed by atoms with Gasteiger partial charge in [0.2, 0.25) is 5.78 Å². The molecule has 0 atom stereocenters. The van der Waals surface area contributed by atoms with E-state index >= 15 is 0 Å². The van der Waals surface area contributed by atoms with Crippen LogP contribution in [0.25, 0.3) is 0 Å². The van der Waals surface area contributed by atoms with Gasteiger partial charge in [0.1, 0.15) is 5.82 Å². The Kier molecular flexibility index (Phi) is 3.29. The first-order valence-corrected chi connectivity index (χ1v) is 5.47. The van der Waals surface area contributed by atoms with Gasteiger partial charge < -0.3 is 4.42 Å². The standard InChI is InChI=1S/C13H10ClFO2/c1-8-4-5-17-13(8)12(16)6-9-2-3-10(14)7-11(9)15/h2-5,7H,6H2,1H3. The van der Waals surface area contributed by atoms with Gasteiger partial charge in [-0.15, -0.1) is 0 Å². The number of ketones is 1. The van der Waals surface area contributed by atoms with Crippen LogP contribution < -0.4 is 0 Å². The molecule has 0 radical (unpaired) electrons. The second kappa shape index (κ2) is 4.72. The first-order valence-electron chi connectivity index (χ1n) is 5.09. The summed E-state index contributed by atoms with van der Waals surface area (Å²) in [6.07, 6.45) is 1.41. The van der Waals surface area contributed by atoms with Gasteiger partial charge in [-0.05, 0) is 36.2 Å². The highest BCUT2D eigenvalue weighted by atomic mass is 35.5. The Labute approximate surface area is 103 Å². The van der Waals surface area contributed by atoms with Crippen molar-refractivity contribution < 1.29 is 13.6 Å². The second-order valence-corrected chi connectivity index (χ2v) is 4.20. The molecule has 0 saturated heterocycles. The molecule has 0 aliphatic carbocycles. The van der Waals surface area contributed by atoms with E-state index in [9.17, 15) is 9.18 Å². The lowest BCUT2D eigenvalue weighted by atomic mass is 10.1. The van der Waals surface area contributed by atoms with Crippen molar-refractivity contribution in [3.63, 3.8) is 0 Å². The van der Waals surface area contributed by atoms with Crippen LogP contribution in [0, 0.1) is 12.7 Å². The lowest BCUT2D eigenvalue weighted by molar-refractivity contribution is 0.0964. The molecule has 0 fully saturated rings. The number of hydrogen-bond donors (Lipinski definition) is 0. The number of aryl methyl sites for hydroxylation is 1. The Hall–Kier alpha value is -1.61. The first kappa shape index (κ1) is 11.9. The van der Waals surface area contributed by atoms with E-state index in [1.54, 1.807) is 19.1 Å². The minimum atomic E-state index is -0.477. The van der Waals surface area contributed by atoms with Crippen LogP contribution in [0.5, 0.6) is 0 Å². The van der Waals surface area contributed by atoms with Gasteiger partial charge in [-0.1, -0.05) is 17.7 Å². The highest BCUT2D eigenvalue weighted by Gasteiger charge is 2.15. The maximum Gasteiger partial charge on any atom is 0.202 e. The van der Waals surface area contributed by atoms with Crippen LogP contribution in [0.15, 0.2) is 34.9 Å². The summed E-state index contributed by atoms with van der Waals surface area (Å²) in [5.74, 6) is -0.442. The summed E-state index contributed by atoms with van der Waals surface area (Å²) in [5, 5.41) is 0.313. The molecule has 0 unspecified atom stereocenters. The van der Waals surface area contributed by atoms with Crippen molar-refractivity contribution in [2.45, 2.75) is 13.3 Å². The monoisotopic (exact) mass is 252 g/mol. The van der Waals surface area contributed by atoms with Crippen molar-refractivity contribution in [2.75, 3.05) is 0 Å². The van der Waals surface area contributed by atoms with Crippen LogP contribution in [-0.2, 0) is 6.42 Å². The van der Waals surface area contributed by atoms with E-state index in [-0.39, 0.29) is 18.0 Å². The Bertz CT molecular complexity index is 560. The second-order valence-electron chi connectivity index (χ2n) is 3.77. The van der Waals surface area contributed by atoms with Gasteiger partial charge in [-0.2, -0.15) is 0 Å². The number of furan rings is 1. The van der Waals surface area contributed by atoms with Gasteiger partial charge >= 0.3 is 0 Å². The van der Waals surface area contributed by atoms with Crippen LogP contribution in [0.4, 0.5) is 4.39 Å². The third-order valence-electron chi connectivity index (χ3n) is 2.48. The Morgan fingerprint density at radius 2 is 2.18 bits per heavy atom. The zero-order valence-electron chi connectivity index (χ0n) is 9.17. The van der Waals surface area contributed by atoms with Crippen molar-refractivity contribution in [3.8, 4) is 0 Å². The molecule has 4 heteroatoms. The lowest BCUT2D eigenvalue weighted by Crippen LogP contribution is -2.05. The molecular weight excluding hydrogens is 243 g/mol. The molecule has 0 aliphatic heterocycles. The van der Waals surface area contributed by atoms with Crippen molar-refractivity contribution in [3.05, 3.63) is 58.3 Å². The minimum absolute atomic E-state index is 0.0304. The summed E-state index contributed by atoms with van der Waals surface area (Å²) in [5.41, 5.74) is 1.07. The average Bonchev–Trinajstić information content (AvgIpc) is 2.68. The predicted octanol–water partition coefficient (Wildman–Crippen LogP) is 3.81. The highest BCUT2D eigenvalue weighted by Crippen LogP contribution is 2.18. The van der Waals surface area contributed by atoms with Crippen molar-refractivity contribution >= 4 is 17.4 Å². The SMILES string of the molecule is Cc1ccoc1C(=O)Cc1ccc(Cl)cc1F. The fourth-order valence-corrected chi connectivity index (χ4v) is 1.74. The average molecular weight is 253 g/mol. The fraction of sp³-hybridized carbons (Fsp3) is 0.154. The van der Waals surface area contributed by atoms with Gasteiger partial charge in [0.15, 0.2) is 5.76 Å². The normalized spacial score (nSPS) is 10.5. The van der Waals surface area contributed by atoms with E-state index in [0.717, 1.165) is 5.56 Å². The lowest BCUT2D eigenvalue weighted by Gasteiger charge is -2.02. The zero-order valence-corrected chi connectivity index (χ0v) is 9.92. The maximum absolute atomic E-state index is 13.5. The van der Waals surface area contributed by atoms with E-state index < -0.39 is 5.82 Å². The summed E-state index contributed by atoms with van der Waals surface area (Å²) in [6, 6.07) is 5.96. The first-order chi connectivity index (χ1) is 8.08. The van der Waals surface area contributed by atoms with Crippen LogP contribution in [0.1, 0.15) is 21.7 Å². The molecule has 0 amide bonds. The van der Waals surface area contributed by atoms with E-state index in [1.807, 2.05) is 0 Å². The number of hydrogen-bond acceptors (Lipinski definition) is 2. The number of Topliss-reactive ketones (excluding diaryl/α,β-unsaturated/α-hetero) is 1. The smallest absolute Gasteiger partial charge is 0.202 e. The van der Waals surface area contributed by atoms with Crippen LogP contribution in [0.3, 0.4) is 0 Å². The van der Waals surface area contributed by atoms with Crippen molar-refractivity contribution in [1.29, 1.82) is 0 Å². The zero-order chi connectivity index (χ0) is 12.4. The summed E-state index contributed by atoms with van der Waals surface area (Å²) in [4.78, 5) is 11.8. The maximum atomic E-state index is 13.5. The van der Waals surface area contributed by atoms with Crippen molar-refractivity contribution in [1.82, 2.24) is 0 Å². The molecule has 0 bridgehead atoms. The number of benzene rings is 1. The van der Waals surface area contributed by atoms with Crippen LogP contribution in [0.2, 0.25) is 5.02 Å². The van der Waals surface area contributed by atoms with Crippen molar-refractivity contribution in [2.24, 2.45) is 0 Å². The van der Waals surface area contributed by atoms with Crippen LogP contribution in [-0.4, -0.2) is 5.78 Å². The van der Waals surface area contributed by atoms with Gasteiger partial charge in [0.25, 0.3) is 0 Å². The number of carbonyl (C=O) groups excluding carboxylic acids is 1. The Morgan fingerprint density at radius 3 is 2.76 bits per heavy atom. The summed E-state index contributed by atoms with van der Waals surface area (Å²) < 4.78 is 18.5. The van der Waals surface area contributed by atoms with E-state index in [2.05, 4.69) is 0 Å². The number of carbonyl (C=O) groups is 1. The van der Waals surface area contributed by atoms with E-state index in [1.165, 1.54) is 18.4 Å². The molecule has 2 rings (SSSR count). The largest absolute Gasteiger partial charge is 0.461 e. The van der Waals surface area contributed by atoms with E-state index in [0.29, 0.717) is 10.6 Å². The molecule has 1 aromatic carbocycles. The molecule has 0 saturated carbocycles. The van der Waals surface area contributed by atoms with Gasteiger partial charge in [-0.25, -0.2) is 4.39 Å². The molecular formula is C13H10ClFO2. The molecule has 0 N–H and O–H groups in total. The summed E-state index contributed by atoms with van der Waals surface area (Å²) in [6.45, 7) is 1.77. The number of halogens is 2. The summed E-state index contributed by atoms with van der Waals surface area (Å²) in [7, 11) is 0.